The summed E-state index contributed by atoms with van der Waals surface area (Å²) in [5.74, 6) is 0.877. The maximum Gasteiger partial charge on any atom is 0.220 e. The largest absolute Gasteiger partial charge is 0.385 e. The van der Waals surface area contributed by atoms with Crippen molar-refractivity contribution in [3.8, 4) is 0 Å². The van der Waals surface area contributed by atoms with Gasteiger partial charge in [0, 0.05) is 26.7 Å². The molecule has 0 unspecified atom stereocenters. The van der Waals surface area contributed by atoms with Crippen molar-refractivity contribution in [3.05, 3.63) is 0 Å². The van der Waals surface area contributed by atoms with Crippen LogP contribution >= 0.6 is 0 Å². The van der Waals surface area contributed by atoms with Gasteiger partial charge in [-0.1, -0.05) is 6.92 Å². The highest BCUT2D eigenvalue weighted by molar-refractivity contribution is 5.76. The minimum Gasteiger partial charge on any atom is -0.385 e. The van der Waals surface area contributed by atoms with Gasteiger partial charge in [0.15, 0.2) is 0 Å². The predicted molar refractivity (Wildman–Crippen MR) is 68.7 cm³/mol. The Bertz CT molecular complexity index is 236. The highest BCUT2D eigenvalue weighted by atomic mass is 16.5. The molecule has 0 aromatic rings. The number of methoxy groups -OCH3 is 1. The van der Waals surface area contributed by atoms with Crippen LogP contribution in [0.5, 0.6) is 0 Å². The predicted octanol–water partition coefficient (Wildman–Crippen LogP) is 1.44. The normalized spacial score (nSPS) is 29.0. The first kappa shape index (κ1) is 14.5. The average Bonchev–Trinajstić information content (AvgIpc) is 2.33. The zero-order chi connectivity index (χ0) is 12.7. The minimum absolute atomic E-state index is 0.113. The van der Waals surface area contributed by atoms with Gasteiger partial charge in [-0.2, -0.15) is 0 Å². The molecule has 0 saturated heterocycles. The topological polar surface area (TPSA) is 64.3 Å². The Hall–Kier alpha value is -0.610. The lowest BCUT2D eigenvalue weighted by Gasteiger charge is -2.39. The quantitative estimate of drug-likeness (QED) is 0.693. The summed E-state index contributed by atoms with van der Waals surface area (Å²) in [6, 6.07) is 0. The Balaban J connectivity index is 2.37. The Kier molecular flexibility index (Phi) is 5.92. The summed E-state index contributed by atoms with van der Waals surface area (Å²) in [5.41, 5.74) is 5.71. The lowest BCUT2D eigenvalue weighted by Crippen LogP contribution is -2.55. The van der Waals surface area contributed by atoms with Gasteiger partial charge >= 0.3 is 0 Å². The van der Waals surface area contributed by atoms with Crippen LogP contribution in [0.1, 0.15) is 45.4 Å². The van der Waals surface area contributed by atoms with Crippen LogP contribution in [0.2, 0.25) is 0 Å². The fourth-order valence-corrected chi connectivity index (χ4v) is 2.43. The molecule has 0 radical (unpaired) electrons. The molecule has 0 spiro atoms. The fraction of sp³-hybridized carbons (Fsp3) is 0.923. The summed E-state index contributed by atoms with van der Waals surface area (Å²) < 4.78 is 4.94. The monoisotopic (exact) mass is 242 g/mol. The van der Waals surface area contributed by atoms with Crippen LogP contribution in [0.25, 0.3) is 0 Å². The van der Waals surface area contributed by atoms with E-state index < -0.39 is 0 Å². The van der Waals surface area contributed by atoms with Crippen molar-refractivity contribution in [2.24, 2.45) is 11.7 Å². The van der Waals surface area contributed by atoms with Crippen molar-refractivity contribution in [3.63, 3.8) is 0 Å². The van der Waals surface area contributed by atoms with Crippen LogP contribution in [-0.2, 0) is 9.53 Å². The second kappa shape index (κ2) is 6.97. The van der Waals surface area contributed by atoms with Gasteiger partial charge in [-0.15, -0.1) is 0 Å². The van der Waals surface area contributed by atoms with Gasteiger partial charge in [0.25, 0.3) is 0 Å². The zero-order valence-electron chi connectivity index (χ0n) is 11.1. The SMILES string of the molecule is COCCCC(=O)NC1(CN)CCC(C)CC1. The molecule has 0 aromatic heterocycles. The molecular weight excluding hydrogens is 216 g/mol. The number of hydrogen-bond acceptors (Lipinski definition) is 3. The number of nitrogens with two attached hydrogens (primary N) is 1. The first-order valence-electron chi connectivity index (χ1n) is 6.62. The maximum absolute atomic E-state index is 11.8. The number of carbonyl (C=O) groups excluding carboxylic acids is 1. The molecule has 0 aromatic carbocycles. The highest BCUT2D eigenvalue weighted by Gasteiger charge is 2.33. The summed E-state index contributed by atoms with van der Waals surface area (Å²) in [6.07, 6.45) is 5.66. The molecular formula is C13H26N2O2. The molecule has 1 saturated carbocycles. The third-order valence-corrected chi connectivity index (χ3v) is 3.78. The maximum atomic E-state index is 11.8. The molecule has 1 rings (SSSR count). The molecule has 17 heavy (non-hydrogen) atoms. The van der Waals surface area contributed by atoms with Gasteiger partial charge in [-0.3, -0.25) is 4.79 Å². The first-order valence-corrected chi connectivity index (χ1v) is 6.62. The van der Waals surface area contributed by atoms with Crippen LogP contribution < -0.4 is 11.1 Å². The molecule has 0 atom stereocenters. The van der Waals surface area contributed by atoms with E-state index >= 15 is 0 Å². The summed E-state index contributed by atoms with van der Waals surface area (Å²) >= 11 is 0. The van der Waals surface area contributed by atoms with E-state index in [0.717, 1.165) is 38.0 Å². The summed E-state index contributed by atoms with van der Waals surface area (Å²) in [5, 5.41) is 3.14. The Morgan fingerprint density at radius 1 is 1.47 bits per heavy atom. The van der Waals surface area contributed by atoms with E-state index in [1.807, 2.05) is 0 Å². The summed E-state index contributed by atoms with van der Waals surface area (Å²) in [6.45, 7) is 3.46. The zero-order valence-corrected chi connectivity index (χ0v) is 11.1. The van der Waals surface area contributed by atoms with Crippen LogP contribution in [0.3, 0.4) is 0 Å². The minimum atomic E-state index is -0.142. The van der Waals surface area contributed by atoms with Crippen LogP contribution in [-0.4, -0.2) is 31.7 Å². The van der Waals surface area contributed by atoms with Gasteiger partial charge in [0.05, 0.1) is 5.54 Å². The Labute approximate surface area is 104 Å². The molecule has 1 fully saturated rings. The van der Waals surface area contributed by atoms with E-state index in [4.69, 9.17) is 10.5 Å². The van der Waals surface area contributed by atoms with E-state index in [0.29, 0.717) is 19.6 Å². The summed E-state index contributed by atoms with van der Waals surface area (Å²) in [7, 11) is 1.65. The van der Waals surface area contributed by atoms with Crippen molar-refractivity contribution < 1.29 is 9.53 Å². The Morgan fingerprint density at radius 3 is 2.65 bits per heavy atom. The van der Waals surface area contributed by atoms with Crippen LogP contribution in [0, 0.1) is 5.92 Å². The van der Waals surface area contributed by atoms with Crippen molar-refractivity contribution in [1.82, 2.24) is 5.32 Å². The van der Waals surface area contributed by atoms with Crippen LogP contribution in [0.15, 0.2) is 0 Å². The molecule has 1 amide bonds. The molecule has 100 valence electrons. The molecule has 0 bridgehead atoms. The number of rotatable bonds is 6. The molecule has 0 heterocycles. The standard InChI is InChI=1S/C13H26N2O2/c1-11-5-7-13(10-14,8-6-11)15-12(16)4-3-9-17-2/h11H,3-10,14H2,1-2H3,(H,15,16). The number of amides is 1. The second-order valence-corrected chi connectivity index (χ2v) is 5.31. The van der Waals surface area contributed by atoms with Crippen molar-refractivity contribution in [1.29, 1.82) is 0 Å². The van der Waals surface area contributed by atoms with Gasteiger partial charge in [-0.05, 0) is 38.0 Å². The molecule has 4 nitrogen and oxygen atoms in total. The van der Waals surface area contributed by atoms with E-state index in [-0.39, 0.29) is 11.4 Å². The number of nitrogens with one attached hydrogen (secondary N) is 1. The molecule has 3 N–H and O–H groups in total. The van der Waals surface area contributed by atoms with E-state index in [1.54, 1.807) is 7.11 Å². The van der Waals surface area contributed by atoms with Gasteiger partial charge < -0.3 is 15.8 Å². The molecule has 4 heteroatoms. The van der Waals surface area contributed by atoms with Gasteiger partial charge in [0.1, 0.15) is 0 Å². The van der Waals surface area contributed by atoms with Gasteiger partial charge in [-0.25, -0.2) is 0 Å². The van der Waals surface area contributed by atoms with Gasteiger partial charge in [0.2, 0.25) is 5.91 Å². The summed E-state index contributed by atoms with van der Waals surface area (Å²) in [4.78, 5) is 11.8. The van der Waals surface area contributed by atoms with E-state index in [2.05, 4.69) is 12.2 Å². The molecule has 1 aliphatic carbocycles. The number of ether oxygens (including phenoxy) is 1. The van der Waals surface area contributed by atoms with Crippen molar-refractivity contribution >= 4 is 5.91 Å². The lowest BCUT2D eigenvalue weighted by molar-refractivity contribution is -0.123. The van der Waals surface area contributed by atoms with Crippen molar-refractivity contribution in [2.45, 2.75) is 51.0 Å². The Morgan fingerprint density at radius 2 is 2.12 bits per heavy atom. The van der Waals surface area contributed by atoms with E-state index in [9.17, 15) is 4.79 Å². The average molecular weight is 242 g/mol. The van der Waals surface area contributed by atoms with Crippen LogP contribution in [0.4, 0.5) is 0 Å². The third kappa shape index (κ3) is 4.64. The number of carbonyl (C=O) groups is 1. The number of hydrogen-bond donors (Lipinski definition) is 2. The molecule has 0 aliphatic heterocycles. The van der Waals surface area contributed by atoms with Crippen molar-refractivity contribution in [2.75, 3.05) is 20.3 Å². The second-order valence-electron chi connectivity index (χ2n) is 5.31. The third-order valence-electron chi connectivity index (χ3n) is 3.78. The van der Waals surface area contributed by atoms with E-state index in [1.165, 1.54) is 0 Å². The highest BCUT2D eigenvalue weighted by Crippen LogP contribution is 2.31. The smallest absolute Gasteiger partial charge is 0.220 e. The molecule has 1 aliphatic rings. The first-order chi connectivity index (χ1) is 8.12. The lowest BCUT2D eigenvalue weighted by atomic mass is 9.77. The fourth-order valence-electron chi connectivity index (χ4n) is 2.43.